The lowest BCUT2D eigenvalue weighted by Gasteiger charge is -2.37. The number of likely N-dealkylation sites (tertiary alicyclic amines) is 1. The molecule has 4 aromatic carbocycles. The van der Waals surface area contributed by atoms with Gasteiger partial charge in [0.05, 0.1) is 12.2 Å². The van der Waals surface area contributed by atoms with Crippen LogP contribution in [0.2, 0.25) is 0 Å². The van der Waals surface area contributed by atoms with Gasteiger partial charge in [-0.25, -0.2) is 4.79 Å². The first-order chi connectivity index (χ1) is 19.2. The number of hydrogen-bond acceptors (Lipinski definition) is 4. The minimum absolute atomic E-state index is 0.291. The second-order valence-corrected chi connectivity index (χ2v) is 10.2. The van der Waals surface area contributed by atoms with E-state index in [1.54, 1.807) is 0 Å². The molecule has 0 radical (unpaired) electrons. The van der Waals surface area contributed by atoms with Crippen LogP contribution in [0.5, 0.6) is 5.75 Å². The highest BCUT2D eigenvalue weighted by molar-refractivity contribution is 5.91. The van der Waals surface area contributed by atoms with Crippen molar-refractivity contribution in [3.8, 4) is 5.75 Å². The van der Waals surface area contributed by atoms with Crippen LogP contribution in [0.1, 0.15) is 58.3 Å². The van der Waals surface area contributed by atoms with Gasteiger partial charge in [0.2, 0.25) is 0 Å². The van der Waals surface area contributed by atoms with Gasteiger partial charge in [-0.3, -0.25) is 4.90 Å². The van der Waals surface area contributed by atoms with E-state index >= 15 is 0 Å². The van der Waals surface area contributed by atoms with E-state index in [1.807, 2.05) is 55.5 Å². The molecule has 1 heterocycles. The summed E-state index contributed by atoms with van der Waals surface area (Å²) in [4.78, 5) is 15.4. The maximum Gasteiger partial charge on any atom is 0.338 e. The third-order valence-electron chi connectivity index (χ3n) is 7.64. The van der Waals surface area contributed by atoms with Gasteiger partial charge in [0.25, 0.3) is 0 Å². The first-order valence-corrected chi connectivity index (χ1v) is 14.0. The van der Waals surface area contributed by atoms with Crippen LogP contribution in [0.15, 0.2) is 109 Å². The van der Waals surface area contributed by atoms with E-state index in [0.717, 1.165) is 43.6 Å². The zero-order valence-corrected chi connectivity index (χ0v) is 22.7. The maximum absolute atomic E-state index is 12.9. The summed E-state index contributed by atoms with van der Waals surface area (Å²) in [6.07, 6.45) is 2.23. The third kappa shape index (κ3) is 6.96. The Morgan fingerprint density at radius 1 is 0.821 bits per heavy atom. The number of carbonyl (C=O) groups is 1. The van der Waals surface area contributed by atoms with Gasteiger partial charge < -0.3 is 9.47 Å². The number of rotatable bonds is 10. The fourth-order valence-corrected chi connectivity index (χ4v) is 5.67. The van der Waals surface area contributed by atoms with Gasteiger partial charge in [0.1, 0.15) is 12.4 Å². The van der Waals surface area contributed by atoms with Crippen molar-refractivity contribution in [1.82, 2.24) is 4.90 Å². The number of ether oxygens (including phenoxy) is 2. The Balaban J connectivity index is 1.27. The molecule has 0 aromatic heterocycles. The van der Waals surface area contributed by atoms with Crippen LogP contribution in [0.3, 0.4) is 0 Å². The fourth-order valence-electron chi connectivity index (χ4n) is 5.67. The standard InChI is InChI=1S/C35H37NO3/c1-2-38-35(37)33-24-32(39-26-27-12-6-3-7-13-27)19-18-31(33)25-36-22-20-30(21-23-36)34(28-14-8-4-9-15-28)29-16-10-5-11-17-29/h3-19,24,30,34H,2,20-23,25-26H2,1H3. The quantitative estimate of drug-likeness (QED) is 0.204. The highest BCUT2D eigenvalue weighted by Gasteiger charge is 2.29. The van der Waals surface area contributed by atoms with E-state index in [-0.39, 0.29) is 5.97 Å². The van der Waals surface area contributed by atoms with Crippen LogP contribution in [0.25, 0.3) is 0 Å². The predicted molar refractivity (Wildman–Crippen MR) is 156 cm³/mol. The van der Waals surface area contributed by atoms with Crippen molar-refractivity contribution >= 4 is 5.97 Å². The van der Waals surface area contributed by atoms with E-state index in [0.29, 0.717) is 36.4 Å². The summed E-state index contributed by atoms with van der Waals surface area (Å²) in [5.74, 6) is 1.36. The van der Waals surface area contributed by atoms with Gasteiger partial charge in [-0.1, -0.05) is 97.1 Å². The summed E-state index contributed by atoms with van der Waals surface area (Å²) in [7, 11) is 0. The molecule has 4 aromatic rings. The number of benzene rings is 4. The second kappa shape index (κ2) is 13.3. The molecule has 0 spiro atoms. The molecule has 0 unspecified atom stereocenters. The highest BCUT2D eigenvalue weighted by Crippen LogP contribution is 2.38. The molecule has 0 bridgehead atoms. The first kappa shape index (κ1) is 26.7. The zero-order valence-electron chi connectivity index (χ0n) is 22.7. The largest absolute Gasteiger partial charge is 0.489 e. The average molecular weight is 520 g/mol. The molecule has 1 aliphatic rings. The normalized spacial score (nSPS) is 14.3. The molecule has 0 saturated carbocycles. The van der Waals surface area contributed by atoms with E-state index in [9.17, 15) is 4.79 Å². The lowest BCUT2D eigenvalue weighted by atomic mass is 9.76. The van der Waals surface area contributed by atoms with Crippen LogP contribution >= 0.6 is 0 Å². The topological polar surface area (TPSA) is 38.8 Å². The zero-order chi connectivity index (χ0) is 26.9. The molecule has 0 aliphatic carbocycles. The van der Waals surface area contributed by atoms with E-state index in [2.05, 4.69) is 65.6 Å². The lowest BCUT2D eigenvalue weighted by molar-refractivity contribution is 0.0522. The van der Waals surface area contributed by atoms with Crippen molar-refractivity contribution in [2.45, 2.75) is 38.8 Å². The maximum atomic E-state index is 12.9. The Morgan fingerprint density at radius 3 is 2.00 bits per heavy atom. The van der Waals surface area contributed by atoms with E-state index in [1.165, 1.54) is 11.1 Å². The predicted octanol–water partition coefficient (Wildman–Crippen LogP) is 7.49. The molecule has 0 atom stereocenters. The van der Waals surface area contributed by atoms with Gasteiger partial charge in [-0.15, -0.1) is 0 Å². The van der Waals surface area contributed by atoms with Crippen LogP contribution < -0.4 is 4.74 Å². The number of carbonyl (C=O) groups excluding carboxylic acids is 1. The smallest absolute Gasteiger partial charge is 0.338 e. The van der Waals surface area contributed by atoms with Gasteiger partial charge in [-0.2, -0.15) is 0 Å². The van der Waals surface area contributed by atoms with Gasteiger partial charge in [0.15, 0.2) is 0 Å². The summed E-state index contributed by atoms with van der Waals surface area (Å²) in [6, 6.07) is 37.7. The average Bonchev–Trinajstić information content (AvgIpc) is 2.99. The molecule has 1 fully saturated rings. The molecule has 1 saturated heterocycles. The number of nitrogens with zero attached hydrogens (tertiary/aromatic N) is 1. The Kier molecular flexibility index (Phi) is 9.08. The fraction of sp³-hybridized carbons (Fsp3) is 0.286. The van der Waals surface area contributed by atoms with Crippen molar-refractivity contribution < 1.29 is 14.3 Å². The monoisotopic (exact) mass is 519 g/mol. The molecule has 0 amide bonds. The van der Waals surface area contributed by atoms with Gasteiger partial charge in [-0.05, 0) is 73.2 Å². The van der Waals surface area contributed by atoms with Crippen molar-refractivity contribution in [1.29, 1.82) is 0 Å². The number of hydrogen-bond donors (Lipinski definition) is 0. The van der Waals surface area contributed by atoms with Crippen molar-refractivity contribution in [3.05, 3.63) is 137 Å². The minimum Gasteiger partial charge on any atom is -0.489 e. The van der Waals surface area contributed by atoms with E-state index in [4.69, 9.17) is 9.47 Å². The third-order valence-corrected chi connectivity index (χ3v) is 7.64. The Labute approximate surface area is 232 Å². The SMILES string of the molecule is CCOC(=O)c1cc(OCc2ccccc2)ccc1CN1CCC(C(c2ccccc2)c2ccccc2)CC1. The van der Waals surface area contributed by atoms with Crippen LogP contribution in [-0.4, -0.2) is 30.6 Å². The van der Waals surface area contributed by atoms with Gasteiger partial charge >= 0.3 is 5.97 Å². The van der Waals surface area contributed by atoms with Crippen LogP contribution in [0, 0.1) is 5.92 Å². The Morgan fingerprint density at radius 2 is 1.41 bits per heavy atom. The number of esters is 1. The Bertz CT molecular complexity index is 1280. The van der Waals surface area contributed by atoms with Gasteiger partial charge in [0, 0.05) is 12.5 Å². The summed E-state index contributed by atoms with van der Waals surface area (Å²) >= 11 is 0. The van der Waals surface area contributed by atoms with Crippen molar-refractivity contribution in [2.75, 3.05) is 19.7 Å². The van der Waals surface area contributed by atoms with E-state index < -0.39 is 0 Å². The summed E-state index contributed by atoms with van der Waals surface area (Å²) < 4.78 is 11.4. The highest BCUT2D eigenvalue weighted by atomic mass is 16.5. The molecule has 1 aliphatic heterocycles. The molecule has 5 rings (SSSR count). The molecular formula is C35H37NO3. The second-order valence-electron chi connectivity index (χ2n) is 10.2. The van der Waals surface area contributed by atoms with Crippen molar-refractivity contribution in [3.63, 3.8) is 0 Å². The summed E-state index contributed by atoms with van der Waals surface area (Å²) in [6.45, 7) is 5.36. The summed E-state index contributed by atoms with van der Waals surface area (Å²) in [5, 5.41) is 0. The minimum atomic E-state index is -0.291. The molecule has 0 N–H and O–H groups in total. The van der Waals surface area contributed by atoms with Crippen LogP contribution in [-0.2, 0) is 17.9 Å². The molecule has 39 heavy (non-hydrogen) atoms. The molecule has 200 valence electrons. The number of piperidine rings is 1. The summed E-state index contributed by atoms with van der Waals surface area (Å²) in [5.41, 5.74) is 5.44. The molecule has 4 heteroatoms. The van der Waals surface area contributed by atoms with Crippen molar-refractivity contribution in [2.24, 2.45) is 5.92 Å². The molecule has 4 nitrogen and oxygen atoms in total. The first-order valence-electron chi connectivity index (χ1n) is 14.0. The Hall–Kier alpha value is -3.89. The lowest BCUT2D eigenvalue weighted by Crippen LogP contribution is -2.35. The molecular weight excluding hydrogens is 482 g/mol. The van der Waals surface area contributed by atoms with Crippen LogP contribution in [0.4, 0.5) is 0 Å².